The number of carbonyl (C=O) groups excluding carboxylic acids is 1. The lowest BCUT2D eigenvalue weighted by atomic mass is 10.1. The van der Waals surface area contributed by atoms with Crippen molar-refractivity contribution >= 4 is 33.3 Å². The molecule has 25 heavy (non-hydrogen) atoms. The molecule has 0 aliphatic heterocycles. The third-order valence-electron chi connectivity index (χ3n) is 3.98. The lowest BCUT2D eigenvalue weighted by Gasteiger charge is -2.09. The van der Waals surface area contributed by atoms with Gasteiger partial charge in [-0.05, 0) is 37.1 Å². The molecular formula is C18H19FN4OS. The number of amides is 1. The second-order valence-electron chi connectivity index (χ2n) is 5.77. The molecule has 130 valence electrons. The highest BCUT2D eigenvalue weighted by atomic mass is 32.1. The van der Waals surface area contributed by atoms with Crippen molar-refractivity contribution in [1.82, 2.24) is 15.3 Å². The van der Waals surface area contributed by atoms with E-state index < -0.39 is 0 Å². The normalized spacial score (nSPS) is 10.8. The number of aryl methyl sites for hydroxylation is 2. The van der Waals surface area contributed by atoms with Crippen molar-refractivity contribution in [2.45, 2.75) is 20.3 Å². The van der Waals surface area contributed by atoms with Crippen LogP contribution in [0.25, 0.3) is 10.2 Å². The molecule has 0 saturated heterocycles. The largest absolute Gasteiger partial charge is 0.368 e. The Hall–Kier alpha value is -2.54. The molecule has 3 rings (SSSR count). The molecule has 0 spiro atoms. The number of nitrogens with zero attached hydrogens (tertiary/aromatic N) is 2. The van der Waals surface area contributed by atoms with Crippen molar-refractivity contribution in [2.24, 2.45) is 0 Å². The van der Waals surface area contributed by atoms with Crippen LogP contribution in [0.2, 0.25) is 0 Å². The number of fused-ring (bicyclic) bond motifs is 1. The Balaban J connectivity index is 1.52. The van der Waals surface area contributed by atoms with Crippen LogP contribution in [0.15, 0.2) is 30.6 Å². The maximum Gasteiger partial charge on any atom is 0.224 e. The van der Waals surface area contributed by atoms with Crippen LogP contribution in [0.3, 0.4) is 0 Å². The first-order valence-electron chi connectivity index (χ1n) is 8.00. The van der Waals surface area contributed by atoms with Gasteiger partial charge in [0, 0.05) is 18.0 Å². The van der Waals surface area contributed by atoms with Crippen LogP contribution in [0.5, 0.6) is 0 Å². The van der Waals surface area contributed by atoms with E-state index in [1.807, 2.05) is 0 Å². The van der Waals surface area contributed by atoms with Gasteiger partial charge >= 0.3 is 0 Å². The first kappa shape index (κ1) is 17.3. The Labute approximate surface area is 149 Å². The van der Waals surface area contributed by atoms with Gasteiger partial charge in [0.2, 0.25) is 5.91 Å². The van der Waals surface area contributed by atoms with Gasteiger partial charge in [-0.15, -0.1) is 11.3 Å². The predicted octanol–water partition coefficient (Wildman–Crippen LogP) is 3.22. The highest BCUT2D eigenvalue weighted by Crippen LogP contribution is 2.32. The summed E-state index contributed by atoms with van der Waals surface area (Å²) in [6.07, 6.45) is 1.79. The van der Waals surface area contributed by atoms with Crippen LogP contribution in [0, 0.1) is 19.7 Å². The van der Waals surface area contributed by atoms with E-state index in [4.69, 9.17) is 0 Å². The second kappa shape index (κ2) is 7.57. The number of hydrogen-bond acceptors (Lipinski definition) is 5. The Morgan fingerprint density at radius 2 is 1.92 bits per heavy atom. The van der Waals surface area contributed by atoms with Crippen LogP contribution >= 0.6 is 11.3 Å². The fourth-order valence-electron chi connectivity index (χ4n) is 2.55. The van der Waals surface area contributed by atoms with Crippen molar-refractivity contribution in [1.29, 1.82) is 0 Å². The molecule has 0 bridgehead atoms. The van der Waals surface area contributed by atoms with Crippen LogP contribution in [-0.4, -0.2) is 29.0 Å². The molecule has 2 N–H and O–H groups in total. The molecule has 0 atom stereocenters. The summed E-state index contributed by atoms with van der Waals surface area (Å²) in [5.74, 6) is 0.395. The van der Waals surface area contributed by atoms with E-state index >= 15 is 0 Å². The van der Waals surface area contributed by atoms with Crippen LogP contribution in [-0.2, 0) is 11.2 Å². The van der Waals surface area contributed by atoms with E-state index in [0.29, 0.717) is 13.1 Å². The van der Waals surface area contributed by atoms with Gasteiger partial charge in [0.05, 0.1) is 11.8 Å². The Morgan fingerprint density at radius 3 is 2.68 bits per heavy atom. The Morgan fingerprint density at radius 1 is 1.16 bits per heavy atom. The number of hydrogen-bond donors (Lipinski definition) is 2. The molecule has 0 radical (unpaired) electrons. The topological polar surface area (TPSA) is 66.9 Å². The average Bonchev–Trinajstić information content (AvgIpc) is 2.89. The van der Waals surface area contributed by atoms with E-state index in [2.05, 4.69) is 34.4 Å². The standard InChI is InChI=1S/C18H19FN4OS/c1-11-12(2)25-18-16(11)17(22-10-23-18)21-8-7-20-15(24)9-13-3-5-14(19)6-4-13/h3-6,10H,7-9H2,1-2H3,(H,20,24)(H,21,22,23). The van der Waals surface area contributed by atoms with Crippen LogP contribution in [0.4, 0.5) is 10.2 Å². The third kappa shape index (κ3) is 4.11. The van der Waals surface area contributed by atoms with Gasteiger partial charge in [0.25, 0.3) is 0 Å². The fraction of sp³-hybridized carbons (Fsp3) is 0.278. The van der Waals surface area contributed by atoms with Crippen molar-refractivity contribution in [3.05, 3.63) is 52.4 Å². The SMILES string of the molecule is Cc1sc2ncnc(NCCNC(=O)Cc3ccc(F)cc3)c2c1C. The maximum absolute atomic E-state index is 12.9. The fourth-order valence-corrected chi connectivity index (χ4v) is 3.55. The Bertz CT molecular complexity index is 892. The number of rotatable bonds is 6. The minimum atomic E-state index is -0.302. The molecule has 0 aliphatic carbocycles. The maximum atomic E-state index is 12.9. The summed E-state index contributed by atoms with van der Waals surface area (Å²) in [6, 6.07) is 5.95. The van der Waals surface area contributed by atoms with E-state index in [-0.39, 0.29) is 18.1 Å². The molecule has 0 unspecified atom stereocenters. The average molecular weight is 358 g/mol. The molecule has 1 aromatic carbocycles. The highest BCUT2D eigenvalue weighted by Gasteiger charge is 2.11. The van der Waals surface area contributed by atoms with E-state index in [0.717, 1.165) is 21.6 Å². The van der Waals surface area contributed by atoms with Crippen molar-refractivity contribution < 1.29 is 9.18 Å². The molecule has 1 amide bonds. The zero-order valence-electron chi connectivity index (χ0n) is 14.1. The molecule has 2 heterocycles. The number of carbonyl (C=O) groups is 1. The van der Waals surface area contributed by atoms with Crippen molar-refractivity contribution in [2.75, 3.05) is 18.4 Å². The minimum Gasteiger partial charge on any atom is -0.368 e. The zero-order valence-corrected chi connectivity index (χ0v) is 14.9. The number of aromatic nitrogens is 2. The van der Waals surface area contributed by atoms with Gasteiger partial charge in [-0.2, -0.15) is 0 Å². The van der Waals surface area contributed by atoms with Gasteiger partial charge in [-0.25, -0.2) is 14.4 Å². The first-order chi connectivity index (χ1) is 12.0. The summed E-state index contributed by atoms with van der Waals surface area (Å²) in [4.78, 5) is 22.7. The smallest absolute Gasteiger partial charge is 0.224 e. The van der Waals surface area contributed by atoms with Crippen molar-refractivity contribution in [3.63, 3.8) is 0 Å². The first-order valence-corrected chi connectivity index (χ1v) is 8.82. The highest BCUT2D eigenvalue weighted by molar-refractivity contribution is 7.18. The molecule has 0 saturated carbocycles. The van der Waals surface area contributed by atoms with Gasteiger partial charge in [-0.3, -0.25) is 4.79 Å². The number of anilines is 1. The predicted molar refractivity (Wildman–Crippen MR) is 98.5 cm³/mol. The van der Waals surface area contributed by atoms with E-state index in [1.54, 1.807) is 29.8 Å². The van der Waals surface area contributed by atoms with Gasteiger partial charge < -0.3 is 10.6 Å². The lowest BCUT2D eigenvalue weighted by molar-refractivity contribution is -0.120. The summed E-state index contributed by atoms with van der Waals surface area (Å²) in [7, 11) is 0. The summed E-state index contributed by atoms with van der Waals surface area (Å²) >= 11 is 1.65. The summed E-state index contributed by atoms with van der Waals surface area (Å²) in [6.45, 7) is 5.18. The summed E-state index contributed by atoms with van der Waals surface area (Å²) in [5, 5.41) is 7.15. The van der Waals surface area contributed by atoms with Gasteiger partial charge in [0.15, 0.2) is 0 Å². The number of thiophene rings is 1. The molecule has 0 aliphatic rings. The Kier molecular flexibility index (Phi) is 5.23. The number of nitrogens with one attached hydrogen (secondary N) is 2. The number of halogens is 1. The van der Waals surface area contributed by atoms with E-state index in [9.17, 15) is 9.18 Å². The molecular weight excluding hydrogens is 339 g/mol. The molecule has 2 aromatic heterocycles. The van der Waals surface area contributed by atoms with Crippen LogP contribution < -0.4 is 10.6 Å². The zero-order chi connectivity index (χ0) is 17.8. The lowest BCUT2D eigenvalue weighted by Crippen LogP contribution is -2.30. The second-order valence-corrected chi connectivity index (χ2v) is 6.97. The molecule has 3 aromatic rings. The van der Waals surface area contributed by atoms with Crippen molar-refractivity contribution in [3.8, 4) is 0 Å². The van der Waals surface area contributed by atoms with Crippen LogP contribution in [0.1, 0.15) is 16.0 Å². The molecule has 5 nitrogen and oxygen atoms in total. The van der Waals surface area contributed by atoms with Gasteiger partial charge in [-0.1, -0.05) is 12.1 Å². The molecule has 0 fully saturated rings. The monoisotopic (exact) mass is 358 g/mol. The molecule has 7 heteroatoms. The summed E-state index contributed by atoms with van der Waals surface area (Å²) < 4.78 is 12.9. The minimum absolute atomic E-state index is 0.0937. The quantitative estimate of drug-likeness (QED) is 0.664. The number of benzene rings is 1. The van der Waals surface area contributed by atoms with E-state index in [1.165, 1.54) is 22.6 Å². The summed E-state index contributed by atoms with van der Waals surface area (Å²) in [5.41, 5.74) is 1.97. The third-order valence-corrected chi connectivity index (χ3v) is 5.10. The van der Waals surface area contributed by atoms with Gasteiger partial charge in [0.1, 0.15) is 22.8 Å².